The van der Waals surface area contributed by atoms with E-state index in [1.165, 1.54) is 0 Å². The molecule has 0 unspecified atom stereocenters. The molecule has 0 saturated carbocycles. The second-order valence-electron chi connectivity index (χ2n) is 6.63. The lowest BCUT2D eigenvalue weighted by Crippen LogP contribution is -2.12. The summed E-state index contributed by atoms with van der Waals surface area (Å²) in [6, 6.07) is 19.6. The average molecular weight is 432 g/mol. The van der Waals surface area contributed by atoms with E-state index in [0.29, 0.717) is 17.2 Å². The second kappa shape index (κ2) is 8.22. The summed E-state index contributed by atoms with van der Waals surface area (Å²) in [6.07, 6.45) is 5.55. The lowest BCUT2D eigenvalue weighted by Gasteiger charge is -2.06. The molecule has 148 valence electrons. The monoisotopic (exact) mass is 431 g/mol. The number of carbonyl (C=O) groups is 1. The van der Waals surface area contributed by atoms with Crippen molar-refractivity contribution in [3.8, 4) is 11.3 Å². The predicted octanol–water partition coefficient (Wildman–Crippen LogP) is 6.20. The highest BCUT2D eigenvalue weighted by atomic mass is 32.2. The molecule has 1 N–H and O–H groups in total. The van der Waals surface area contributed by atoms with Gasteiger partial charge in [-0.25, -0.2) is 4.98 Å². The standard InChI is InChI=1S/C23H17N3O2S2/c27-22(21-17(10-12-28-21)15-30-19-4-2-1-3-5-19)24-18-8-6-16(7-9-18)20-14-26-11-13-29-23(26)25-20/h1-14H,15H2,(H,24,27). The summed E-state index contributed by atoms with van der Waals surface area (Å²) < 4.78 is 7.47. The maximum Gasteiger partial charge on any atom is 0.291 e. The fraction of sp³-hybridized carbons (Fsp3) is 0.0435. The zero-order chi connectivity index (χ0) is 20.3. The molecule has 0 spiro atoms. The fourth-order valence-corrected chi connectivity index (χ4v) is 4.70. The van der Waals surface area contributed by atoms with Gasteiger partial charge < -0.3 is 9.73 Å². The van der Waals surface area contributed by atoms with Crippen molar-refractivity contribution in [3.63, 3.8) is 0 Å². The molecule has 30 heavy (non-hydrogen) atoms. The first-order valence-electron chi connectivity index (χ1n) is 9.34. The van der Waals surface area contributed by atoms with Crippen LogP contribution in [0.2, 0.25) is 0 Å². The molecule has 0 saturated heterocycles. The lowest BCUT2D eigenvalue weighted by atomic mass is 10.1. The van der Waals surface area contributed by atoms with Crippen LogP contribution in [0.5, 0.6) is 0 Å². The number of carbonyl (C=O) groups excluding carboxylic acids is 1. The minimum atomic E-state index is -0.251. The number of thiazole rings is 1. The highest BCUT2D eigenvalue weighted by Gasteiger charge is 2.16. The Balaban J connectivity index is 1.26. The van der Waals surface area contributed by atoms with Gasteiger partial charge in [0.15, 0.2) is 10.7 Å². The smallest absolute Gasteiger partial charge is 0.291 e. The Morgan fingerprint density at radius 1 is 1.10 bits per heavy atom. The number of hydrogen-bond acceptors (Lipinski definition) is 5. The minimum absolute atomic E-state index is 0.251. The number of hydrogen-bond donors (Lipinski definition) is 1. The Bertz CT molecular complexity index is 1260. The molecule has 3 heterocycles. The zero-order valence-corrected chi connectivity index (χ0v) is 17.5. The van der Waals surface area contributed by atoms with Crippen LogP contribution in [0, 0.1) is 0 Å². The number of rotatable bonds is 6. The summed E-state index contributed by atoms with van der Waals surface area (Å²) in [6.45, 7) is 0. The number of benzene rings is 2. The van der Waals surface area contributed by atoms with Crippen LogP contribution in [-0.2, 0) is 5.75 Å². The van der Waals surface area contributed by atoms with Crippen molar-refractivity contribution in [2.24, 2.45) is 0 Å². The molecule has 5 rings (SSSR count). The van der Waals surface area contributed by atoms with Gasteiger partial charge in [0, 0.05) is 45.2 Å². The topological polar surface area (TPSA) is 59.5 Å². The van der Waals surface area contributed by atoms with E-state index in [4.69, 9.17) is 4.42 Å². The van der Waals surface area contributed by atoms with Crippen molar-refractivity contribution < 1.29 is 9.21 Å². The predicted molar refractivity (Wildman–Crippen MR) is 121 cm³/mol. The molecule has 0 bridgehead atoms. The second-order valence-corrected chi connectivity index (χ2v) is 8.55. The first-order chi connectivity index (χ1) is 14.8. The van der Waals surface area contributed by atoms with Crippen LogP contribution in [0.3, 0.4) is 0 Å². The summed E-state index contributed by atoms with van der Waals surface area (Å²) in [5.74, 6) is 0.760. The molecule has 3 aromatic heterocycles. The van der Waals surface area contributed by atoms with Gasteiger partial charge in [-0.3, -0.25) is 9.20 Å². The quantitative estimate of drug-likeness (QED) is 0.325. The molecule has 0 aliphatic rings. The third-order valence-corrected chi connectivity index (χ3v) is 6.45. The zero-order valence-electron chi connectivity index (χ0n) is 15.8. The number of furan rings is 1. The summed E-state index contributed by atoms with van der Waals surface area (Å²) in [4.78, 5) is 19.4. The van der Waals surface area contributed by atoms with Crippen LogP contribution in [0.4, 0.5) is 5.69 Å². The van der Waals surface area contributed by atoms with Crippen LogP contribution >= 0.6 is 23.1 Å². The Morgan fingerprint density at radius 2 is 1.93 bits per heavy atom. The SMILES string of the molecule is O=C(Nc1ccc(-c2cn3ccsc3n2)cc1)c1occc1CSc1ccccc1. The van der Waals surface area contributed by atoms with Crippen molar-refractivity contribution >= 4 is 39.7 Å². The van der Waals surface area contributed by atoms with E-state index < -0.39 is 0 Å². The number of nitrogens with one attached hydrogen (secondary N) is 1. The molecule has 1 amide bonds. The van der Waals surface area contributed by atoms with Gasteiger partial charge in [0.05, 0.1) is 12.0 Å². The number of nitrogens with zero attached hydrogens (tertiary/aromatic N) is 2. The van der Waals surface area contributed by atoms with Crippen LogP contribution in [0.1, 0.15) is 16.1 Å². The lowest BCUT2D eigenvalue weighted by molar-refractivity contribution is 0.0996. The fourth-order valence-electron chi connectivity index (χ4n) is 3.11. The van der Waals surface area contributed by atoms with Crippen molar-refractivity contribution in [1.29, 1.82) is 0 Å². The van der Waals surface area contributed by atoms with Crippen molar-refractivity contribution in [3.05, 3.63) is 96.0 Å². The Labute approximate surface area is 181 Å². The van der Waals surface area contributed by atoms with Crippen LogP contribution in [0.25, 0.3) is 16.2 Å². The summed E-state index contributed by atoms with van der Waals surface area (Å²) in [7, 11) is 0. The van der Waals surface area contributed by atoms with Gasteiger partial charge in [0.25, 0.3) is 5.91 Å². The Morgan fingerprint density at radius 3 is 2.73 bits per heavy atom. The molecule has 7 heteroatoms. The van der Waals surface area contributed by atoms with Gasteiger partial charge in [-0.05, 0) is 30.3 Å². The van der Waals surface area contributed by atoms with Crippen LogP contribution in [0.15, 0.2) is 94.0 Å². The third kappa shape index (κ3) is 3.90. The number of imidazole rings is 1. The van der Waals surface area contributed by atoms with Crippen LogP contribution in [-0.4, -0.2) is 15.3 Å². The summed E-state index contributed by atoms with van der Waals surface area (Å²) >= 11 is 3.27. The van der Waals surface area contributed by atoms with Crippen molar-refractivity contribution in [2.45, 2.75) is 10.6 Å². The number of aromatic nitrogens is 2. The Hall–Kier alpha value is -3.29. The van der Waals surface area contributed by atoms with Gasteiger partial charge in [-0.2, -0.15) is 0 Å². The first-order valence-corrected chi connectivity index (χ1v) is 11.2. The van der Waals surface area contributed by atoms with Gasteiger partial charge in [-0.1, -0.05) is 30.3 Å². The van der Waals surface area contributed by atoms with E-state index in [0.717, 1.165) is 26.7 Å². The van der Waals surface area contributed by atoms with Gasteiger partial charge in [0.2, 0.25) is 0 Å². The Kier molecular flexibility index (Phi) is 5.13. The maximum atomic E-state index is 12.7. The molecule has 0 atom stereocenters. The molecule has 0 aliphatic carbocycles. The van der Waals surface area contributed by atoms with E-state index in [1.807, 2.05) is 70.7 Å². The van der Waals surface area contributed by atoms with E-state index in [2.05, 4.69) is 22.4 Å². The minimum Gasteiger partial charge on any atom is -0.459 e. The van der Waals surface area contributed by atoms with Crippen molar-refractivity contribution in [2.75, 3.05) is 5.32 Å². The highest BCUT2D eigenvalue weighted by molar-refractivity contribution is 7.98. The molecule has 0 radical (unpaired) electrons. The number of anilines is 1. The highest BCUT2D eigenvalue weighted by Crippen LogP contribution is 2.26. The molecule has 0 aliphatic heterocycles. The third-order valence-electron chi connectivity index (χ3n) is 4.62. The normalized spacial score (nSPS) is 11.1. The van der Waals surface area contributed by atoms with E-state index in [9.17, 15) is 4.79 Å². The number of amides is 1. The number of fused-ring (bicyclic) bond motifs is 1. The van der Waals surface area contributed by atoms with E-state index >= 15 is 0 Å². The molecular weight excluding hydrogens is 414 g/mol. The van der Waals surface area contributed by atoms with Crippen molar-refractivity contribution in [1.82, 2.24) is 9.38 Å². The molecule has 2 aromatic carbocycles. The largest absolute Gasteiger partial charge is 0.459 e. The first kappa shape index (κ1) is 18.7. The average Bonchev–Trinajstić information content (AvgIpc) is 3.50. The number of thioether (sulfide) groups is 1. The molecular formula is C23H17N3O2S2. The maximum absolute atomic E-state index is 12.7. The summed E-state index contributed by atoms with van der Waals surface area (Å²) in [5.41, 5.74) is 3.49. The molecule has 5 nitrogen and oxygen atoms in total. The van der Waals surface area contributed by atoms with Gasteiger partial charge in [0.1, 0.15) is 0 Å². The van der Waals surface area contributed by atoms with E-state index in [1.54, 1.807) is 29.4 Å². The molecule has 0 fully saturated rings. The van der Waals surface area contributed by atoms with Gasteiger partial charge >= 0.3 is 0 Å². The molecule has 5 aromatic rings. The summed E-state index contributed by atoms with van der Waals surface area (Å²) in [5, 5.41) is 4.92. The van der Waals surface area contributed by atoms with Gasteiger partial charge in [-0.15, -0.1) is 23.1 Å². The van der Waals surface area contributed by atoms with Crippen LogP contribution < -0.4 is 5.32 Å². The van der Waals surface area contributed by atoms with E-state index in [-0.39, 0.29) is 5.91 Å².